The van der Waals surface area contributed by atoms with Crippen molar-refractivity contribution in [3.63, 3.8) is 0 Å². The highest BCUT2D eigenvalue weighted by atomic mass is 32.2. The molecular formula is C16H29N3O4S. The topological polar surface area (TPSA) is 95.6 Å². The Labute approximate surface area is 144 Å². The molecule has 0 aromatic rings. The third-order valence-corrected chi connectivity index (χ3v) is 6.39. The molecule has 0 bridgehead atoms. The van der Waals surface area contributed by atoms with Gasteiger partial charge in [0.15, 0.2) is 9.84 Å². The van der Waals surface area contributed by atoms with E-state index < -0.39 is 15.6 Å². The SMILES string of the molecule is CCCS(=O)(=O)CC(=O)N1CCCC(CNC(=O)C2CCCN2)C1. The molecule has 2 aliphatic rings. The quantitative estimate of drug-likeness (QED) is 0.663. The maximum absolute atomic E-state index is 12.2. The standard InChI is InChI=1S/C16H29N3O4S/c1-2-9-24(22,23)12-15(20)19-8-4-5-13(11-19)10-18-16(21)14-6-3-7-17-14/h13-14,17H,2-12H2,1H3,(H,18,21). The third kappa shape index (κ3) is 5.73. The van der Waals surface area contributed by atoms with E-state index in [0.717, 1.165) is 32.2 Å². The van der Waals surface area contributed by atoms with Crippen LogP contribution in [0.5, 0.6) is 0 Å². The van der Waals surface area contributed by atoms with Gasteiger partial charge in [0.05, 0.1) is 11.8 Å². The second-order valence-electron chi connectivity index (χ2n) is 6.83. The number of carbonyl (C=O) groups excluding carboxylic acids is 2. The maximum atomic E-state index is 12.2. The molecule has 2 fully saturated rings. The predicted octanol–water partition coefficient (Wildman–Crippen LogP) is -0.0820. The van der Waals surface area contributed by atoms with Crippen molar-refractivity contribution in [1.82, 2.24) is 15.5 Å². The summed E-state index contributed by atoms with van der Waals surface area (Å²) in [5, 5.41) is 6.13. The van der Waals surface area contributed by atoms with Gasteiger partial charge < -0.3 is 15.5 Å². The van der Waals surface area contributed by atoms with Gasteiger partial charge in [-0.1, -0.05) is 6.92 Å². The molecule has 0 aliphatic carbocycles. The monoisotopic (exact) mass is 359 g/mol. The molecule has 2 unspecified atom stereocenters. The molecule has 138 valence electrons. The van der Waals surface area contributed by atoms with Crippen LogP contribution in [0.2, 0.25) is 0 Å². The zero-order chi connectivity index (χ0) is 17.6. The Morgan fingerprint density at radius 1 is 1.25 bits per heavy atom. The lowest BCUT2D eigenvalue weighted by Crippen LogP contribution is -2.47. The molecule has 2 heterocycles. The van der Waals surface area contributed by atoms with Crippen LogP contribution in [0.25, 0.3) is 0 Å². The molecular weight excluding hydrogens is 330 g/mol. The summed E-state index contributed by atoms with van der Waals surface area (Å²) in [4.78, 5) is 25.9. The largest absolute Gasteiger partial charge is 0.354 e. The summed E-state index contributed by atoms with van der Waals surface area (Å²) in [6.45, 7) is 4.35. The Kier molecular flexibility index (Phi) is 7.03. The predicted molar refractivity (Wildman–Crippen MR) is 92.3 cm³/mol. The highest BCUT2D eigenvalue weighted by molar-refractivity contribution is 7.92. The van der Waals surface area contributed by atoms with Crippen LogP contribution in [0.15, 0.2) is 0 Å². The fraction of sp³-hybridized carbons (Fsp3) is 0.875. The highest BCUT2D eigenvalue weighted by Gasteiger charge is 2.28. The molecule has 2 aliphatic heterocycles. The van der Waals surface area contributed by atoms with Crippen LogP contribution in [0.3, 0.4) is 0 Å². The number of hydrogen-bond acceptors (Lipinski definition) is 5. The highest BCUT2D eigenvalue weighted by Crippen LogP contribution is 2.17. The Morgan fingerprint density at radius 2 is 2.04 bits per heavy atom. The van der Waals surface area contributed by atoms with Gasteiger partial charge in [-0.2, -0.15) is 0 Å². The number of sulfone groups is 1. The number of piperidine rings is 1. The summed E-state index contributed by atoms with van der Waals surface area (Å²) in [7, 11) is -3.30. The molecule has 24 heavy (non-hydrogen) atoms. The molecule has 0 aromatic carbocycles. The molecule has 2 atom stereocenters. The van der Waals surface area contributed by atoms with Crippen molar-refractivity contribution in [2.45, 2.75) is 45.1 Å². The number of nitrogens with zero attached hydrogens (tertiary/aromatic N) is 1. The Hall–Kier alpha value is -1.15. The lowest BCUT2D eigenvalue weighted by atomic mass is 9.98. The van der Waals surface area contributed by atoms with Crippen LogP contribution < -0.4 is 10.6 Å². The Bertz CT molecular complexity index is 544. The summed E-state index contributed by atoms with van der Waals surface area (Å²) in [5.74, 6) is -0.424. The van der Waals surface area contributed by atoms with E-state index in [4.69, 9.17) is 0 Å². The number of amides is 2. The minimum absolute atomic E-state index is 0.0291. The van der Waals surface area contributed by atoms with E-state index in [1.54, 1.807) is 11.8 Å². The summed E-state index contributed by atoms with van der Waals surface area (Å²) >= 11 is 0. The van der Waals surface area contributed by atoms with Crippen molar-refractivity contribution in [2.75, 3.05) is 37.7 Å². The number of rotatable bonds is 7. The molecule has 7 nitrogen and oxygen atoms in total. The molecule has 2 amide bonds. The Balaban J connectivity index is 1.78. The second-order valence-corrected chi connectivity index (χ2v) is 9.02. The van der Waals surface area contributed by atoms with Crippen LogP contribution in [-0.2, 0) is 19.4 Å². The minimum atomic E-state index is -3.30. The zero-order valence-electron chi connectivity index (χ0n) is 14.4. The van der Waals surface area contributed by atoms with E-state index >= 15 is 0 Å². The number of carbonyl (C=O) groups is 2. The van der Waals surface area contributed by atoms with Crippen molar-refractivity contribution in [3.05, 3.63) is 0 Å². The van der Waals surface area contributed by atoms with Gasteiger partial charge in [0.2, 0.25) is 11.8 Å². The number of hydrogen-bond donors (Lipinski definition) is 2. The van der Waals surface area contributed by atoms with E-state index in [1.807, 2.05) is 0 Å². The first kappa shape index (κ1) is 19.2. The second kappa shape index (κ2) is 8.80. The first-order chi connectivity index (χ1) is 11.4. The van der Waals surface area contributed by atoms with Gasteiger partial charge in [-0.15, -0.1) is 0 Å². The van der Waals surface area contributed by atoms with Gasteiger partial charge >= 0.3 is 0 Å². The van der Waals surface area contributed by atoms with E-state index in [0.29, 0.717) is 26.1 Å². The van der Waals surface area contributed by atoms with Gasteiger partial charge in [-0.05, 0) is 44.6 Å². The lowest BCUT2D eigenvalue weighted by molar-refractivity contribution is -0.130. The normalized spacial score (nSPS) is 24.8. The molecule has 2 saturated heterocycles. The van der Waals surface area contributed by atoms with Crippen molar-refractivity contribution in [3.8, 4) is 0 Å². The average Bonchev–Trinajstić information content (AvgIpc) is 3.07. The summed E-state index contributed by atoms with van der Waals surface area (Å²) < 4.78 is 23.6. The lowest BCUT2D eigenvalue weighted by Gasteiger charge is -2.33. The summed E-state index contributed by atoms with van der Waals surface area (Å²) in [6.07, 6.45) is 4.22. The smallest absolute Gasteiger partial charge is 0.237 e. The van der Waals surface area contributed by atoms with Crippen molar-refractivity contribution >= 4 is 21.7 Å². The zero-order valence-corrected chi connectivity index (χ0v) is 15.2. The first-order valence-electron chi connectivity index (χ1n) is 8.90. The van der Waals surface area contributed by atoms with Crippen molar-refractivity contribution in [1.29, 1.82) is 0 Å². The van der Waals surface area contributed by atoms with Gasteiger partial charge in [-0.3, -0.25) is 9.59 Å². The number of likely N-dealkylation sites (tertiary alicyclic amines) is 1. The molecule has 0 saturated carbocycles. The molecule has 8 heteroatoms. The van der Waals surface area contributed by atoms with Crippen LogP contribution >= 0.6 is 0 Å². The van der Waals surface area contributed by atoms with E-state index in [-0.39, 0.29) is 29.5 Å². The summed E-state index contributed by atoms with van der Waals surface area (Å²) in [6, 6.07) is -0.0921. The van der Waals surface area contributed by atoms with Gasteiger partial charge in [0.25, 0.3) is 0 Å². The van der Waals surface area contributed by atoms with Crippen LogP contribution in [0.1, 0.15) is 39.0 Å². The van der Waals surface area contributed by atoms with Crippen LogP contribution in [0, 0.1) is 5.92 Å². The molecule has 0 aromatic heterocycles. The average molecular weight is 359 g/mol. The van der Waals surface area contributed by atoms with Crippen molar-refractivity contribution in [2.24, 2.45) is 5.92 Å². The van der Waals surface area contributed by atoms with Crippen LogP contribution in [-0.4, -0.2) is 68.9 Å². The van der Waals surface area contributed by atoms with Gasteiger partial charge in [-0.25, -0.2) is 8.42 Å². The molecule has 2 rings (SSSR count). The maximum Gasteiger partial charge on any atom is 0.237 e. The number of nitrogens with one attached hydrogen (secondary N) is 2. The van der Waals surface area contributed by atoms with Crippen LogP contribution in [0.4, 0.5) is 0 Å². The third-order valence-electron chi connectivity index (χ3n) is 4.67. The van der Waals surface area contributed by atoms with Crippen molar-refractivity contribution < 1.29 is 18.0 Å². The van der Waals surface area contributed by atoms with E-state index in [1.165, 1.54) is 0 Å². The molecule has 2 N–H and O–H groups in total. The fourth-order valence-corrected chi connectivity index (χ4v) is 4.72. The molecule has 0 radical (unpaired) electrons. The Morgan fingerprint density at radius 3 is 2.71 bits per heavy atom. The molecule has 0 spiro atoms. The fourth-order valence-electron chi connectivity index (χ4n) is 3.40. The summed E-state index contributed by atoms with van der Waals surface area (Å²) in [5.41, 5.74) is 0. The van der Waals surface area contributed by atoms with Gasteiger partial charge in [0.1, 0.15) is 5.75 Å². The van der Waals surface area contributed by atoms with E-state index in [2.05, 4.69) is 10.6 Å². The minimum Gasteiger partial charge on any atom is -0.354 e. The first-order valence-corrected chi connectivity index (χ1v) is 10.7. The van der Waals surface area contributed by atoms with E-state index in [9.17, 15) is 18.0 Å². The van der Waals surface area contributed by atoms with Gasteiger partial charge in [0, 0.05) is 19.6 Å².